The summed E-state index contributed by atoms with van der Waals surface area (Å²) in [6.45, 7) is 2.53. The highest BCUT2D eigenvalue weighted by Gasteiger charge is 2.26. The van der Waals surface area contributed by atoms with E-state index in [1.165, 1.54) is 0 Å². The normalized spacial score (nSPS) is 17.2. The number of hydrogen-bond donors (Lipinski definition) is 1. The van der Waals surface area contributed by atoms with Gasteiger partial charge in [-0.2, -0.15) is 5.10 Å². The van der Waals surface area contributed by atoms with Crippen LogP contribution in [-0.2, 0) is 17.8 Å². The Morgan fingerprint density at radius 1 is 1.22 bits per heavy atom. The highest BCUT2D eigenvalue weighted by Crippen LogP contribution is 2.19. The van der Waals surface area contributed by atoms with E-state index in [4.69, 9.17) is 5.73 Å². The summed E-state index contributed by atoms with van der Waals surface area (Å²) < 4.78 is 1.98. The van der Waals surface area contributed by atoms with Gasteiger partial charge in [0.25, 0.3) is 0 Å². The van der Waals surface area contributed by atoms with Crippen LogP contribution in [0.5, 0.6) is 0 Å². The quantitative estimate of drug-likeness (QED) is 0.914. The number of carbonyl (C=O) groups is 1. The Morgan fingerprint density at radius 3 is 2.61 bits per heavy atom. The molecule has 0 spiro atoms. The van der Waals surface area contributed by atoms with Crippen LogP contribution < -0.4 is 5.73 Å². The molecular formula is C18H24N4O. The molecule has 5 nitrogen and oxygen atoms in total. The summed E-state index contributed by atoms with van der Waals surface area (Å²) in [4.78, 5) is 14.4. The molecule has 1 aromatic carbocycles. The number of hydrogen-bond acceptors (Lipinski definition) is 3. The van der Waals surface area contributed by atoms with Crippen LogP contribution in [0.15, 0.2) is 48.8 Å². The Labute approximate surface area is 137 Å². The van der Waals surface area contributed by atoms with Gasteiger partial charge in [0.15, 0.2) is 0 Å². The highest BCUT2D eigenvalue weighted by atomic mass is 16.2. The number of rotatable bonds is 5. The van der Waals surface area contributed by atoms with E-state index in [2.05, 4.69) is 5.10 Å². The molecule has 1 amide bonds. The third kappa shape index (κ3) is 4.20. The minimum Gasteiger partial charge on any atom is -0.341 e. The van der Waals surface area contributed by atoms with Crippen LogP contribution >= 0.6 is 0 Å². The Hall–Kier alpha value is -2.14. The molecule has 1 saturated heterocycles. The van der Waals surface area contributed by atoms with Gasteiger partial charge in [-0.3, -0.25) is 9.48 Å². The van der Waals surface area contributed by atoms with Crippen molar-refractivity contribution in [2.45, 2.75) is 31.8 Å². The van der Waals surface area contributed by atoms with E-state index in [-0.39, 0.29) is 5.91 Å². The lowest BCUT2D eigenvalue weighted by atomic mass is 9.96. The largest absolute Gasteiger partial charge is 0.341 e. The van der Waals surface area contributed by atoms with Crippen molar-refractivity contribution >= 4 is 5.91 Å². The van der Waals surface area contributed by atoms with Crippen LogP contribution in [0.2, 0.25) is 0 Å². The molecule has 1 fully saturated rings. The van der Waals surface area contributed by atoms with Crippen molar-refractivity contribution < 1.29 is 4.79 Å². The number of amides is 1. The Kier molecular flexibility index (Phi) is 5.08. The second-order valence-electron chi connectivity index (χ2n) is 6.29. The molecule has 1 aliphatic heterocycles. The van der Waals surface area contributed by atoms with Crippen LogP contribution in [0.1, 0.15) is 18.4 Å². The standard InChI is InChI=1S/C18H24N4O/c19-17(13-15-5-2-1-3-6-15)18(23)21-11-7-16(8-12-21)14-22-10-4-9-20-22/h1-6,9-10,16-17H,7-8,11-14,19H2. The molecule has 1 aromatic heterocycles. The Bertz CT molecular complexity index is 603. The van der Waals surface area contributed by atoms with Gasteiger partial charge < -0.3 is 10.6 Å². The van der Waals surface area contributed by atoms with Crippen LogP contribution in [0.25, 0.3) is 0 Å². The predicted octanol–water partition coefficient (Wildman–Crippen LogP) is 1.69. The minimum atomic E-state index is -0.444. The average molecular weight is 312 g/mol. The maximum atomic E-state index is 12.5. The lowest BCUT2D eigenvalue weighted by molar-refractivity contribution is -0.134. The number of piperidine rings is 1. The van der Waals surface area contributed by atoms with Crippen LogP contribution in [-0.4, -0.2) is 39.7 Å². The van der Waals surface area contributed by atoms with E-state index >= 15 is 0 Å². The summed E-state index contributed by atoms with van der Waals surface area (Å²) >= 11 is 0. The zero-order valence-corrected chi connectivity index (χ0v) is 13.3. The summed E-state index contributed by atoms with van der Waals surface area (Å²) in [6.07, 6.45) is 6.44. The molecule has 2 N–H and O–H groups in total. The van der Waals surface area contributed by atoms with Crippen molar-refractivity contribution in [3.8, 4) is 0 Å². The van der Waals surface area contributed by atoms with Gasteiger partial charge in [-0.1, -0.05) is 30.3 Å². The molecule has 0 saturated carbocycles. The maximum Gasteiger partial charge on any atom is 0.239 e. The van der Waals surface area contributed by atoms with Crippen molar-refractivity contribution in [1.29, 1.82) is 0 Å². The third-order valence-corrected chi connectivity index (χ3v) is 4.55. The number of benzene rings is 1. The van der Waals surface area contributed by atoms with Gasteiger partial charge >= 0.3 is 0 Å². The zero-order chi connectivity index (χ0) is 16.1. The van der Waals surface area contributed by atoms with Gasteiger partial charge in [0, 0.05) is 32.0 Å². The van der Waals surface area contributed by atoms with Crippen LogP contribution in [0, 0.1) is 5.92 Å². The van der Waals surface area contributed by atoms with E-state index in [9.17, 15) is 4.79 Å². The molecule has 1 atom stereocenters. The van der Waals surface area contributed by atoms with Crippen LogP contribution in [0.4, 0.5) is 0 Å². The van der Waals surface area contributed by atoms with E-state index in [0.717, 1.165) is 38.0 Å². The van der Waals surface area contributed by atoms with Gasteiger partial charge in [0.1, 0.15) is 0 Å². The molecule has 1 unspecified atom stereocenters. The van der Waals surface area contributed by atoms with Crippen molar-refractivity contribution in [3.05, 3.63) is 54.4 Å². The number of aromatic nitrogens is 2. The average Bonchev–Trinajstić information content (AvgIpc) is 3.09. The number of likely N-dealkylation sites (tertiary alicyclic amines) is 1. The van der Waals surface area contributed by atoms with Crippen molar-refractivity contribution in [3.63, 3.8) is 0 Å². The van der Waals surface area contributed by atoms with E-state index in [0.29, 0.717) is 12.3 Å². The fourth-order valence-electron chi connectivity index (χ4n) is 3.20. The molecule has 0 aliphatic carbocycles. The second-order valence-corrected chi connectivity index (χ2v) is 6.29. The minimum absolute atomic E-state index is 0.0754. The molecule has 1 aliphatic rings. The molecule has 2 aromatic rings. The lowest BCUT2D eigenvalue weighted by Gasteiger charge is -2.33. The Morgan fingerprint density at radius 2 is 1.96 bits per heavy atom. The maximum absolute atomic E-state index is 12.5. The molecule has 122 valence electrons. The molecule has 0 radical (unpaired) electrons. The summed E-state index contributed by atoms with van der Waals surface area (Å²) in [6, 6.07) is 11.5. The zero-order valence-electron chi connectivity index (χ0n) is 13.3. The van der Waals surface area contributed by atoms with Gasteiger partial charge in [-0.15, -0.1) is 0 Å². The molecule has 0 bridgehead atoms. The van der Waals surface area contributed by atoms with Crippen molar-refractivity contribution in [2.75, 3.05) is 13.1 Å². The Balaban J connectivity index is 1.47. The van der Waals surface area contributed by atoms with Crippen molar-refractivity contribution in [2.24, 2.45) is 11.7 Å². The van der Waals surface area contributed by atoms with E-state index in [1.807, 2.05) is 52.2 Å². The van der Waals surface area contributed by atoms with Crippen molar-refractivity contribution in [1.82, 2.24) is 14.7 Å². The van der Waals surface area contributed by atoms with Gasteiger partial charge in [-0.25, -0.2) is 0 Å². The first-order valence-corrected chi connectivity index (χ1v) is 8.28. The summed E-state index contributed by atoms with van der Waals surface area (Å²) in [5, 5.41) is 4.26. The smallest absolute Gasteiger partial charge is 0.239 e. The fraction of sp³-hybridized carbons (Fsp3) is 0.444. The van der Waals surface area contributed by atoms with Gasteiger partial charge in [0.2, 0.25) is 5.91 Å². The fourth-order valence-corrected chi connectivity index (χ4v) is 3.20. The second kappa shape index (κ2) is 7.42. The molecular weight excluding hydrogens is 288 g/mol. The SMILES string of the molecule is NC(Cc1ccccc1)C(=O)N1CCC(Cn2cccn2)CC1. The summed E-state index contributed by atoms with van der Waals surface area (Å²) in [5.74, 6) is 0.663. The van der Waals surface area contributed by atoms with E-state index in [1.54, 1.807) is 6.20 Å². The molecule has 5 heteroatoms. The molecule has 23 heavy (non-hydrogen) atoms. The monoisotopic (exact) mass is 312 g/mol. The summed E-state index contributed by atoms with van der Waals surface area (Å²) in [7, 11) is 0. The first-order chi connectivity index (χ1) is 11.2. The van der Waals surface area contributed by atoms with Gasteiger partial charge in [0.05, 0.1) is 6.04 Å². The number of carbonyl (C=O) groups excluding carboxylic acids is 1. The lowest BCUT2D eigenvalue weighted by Crippen LogP contribution is -2.48. The first kappa shape index (κ1) is 15.7. The van der Waals surface area contributed by atoms with Crippen LogP contribution in [0.3, 0.4) is 0 Å². The predicted molar refractivity (Wildman–Crippen MR) is 89.7 cm³/mol. The topological polar surface area (TPSA) is 64.2 Å². The molecule has 2 heterocycles. The summed E-state index contributed by atoms with van der Waals surface area (Å²) in [5.41, 5.74) is 7.23. The highest BCUT2D eigenvalue weighted by molar-refractivity contribution is 5.82. The third-order valence-electron chi connectivity index (χ3n) is 4.55. The van der Waals surface area contributed by atoms with Gasteiger partial charge in [-0.05, 0) is 36.8 Å². The molecule has 3 rings (SSSR count). The first-order valence-electron chi connectivity index (χ1n) is 8.28. The number of nitrogens with zero attached hydrogens (tertiary/aromatic N) is 3. The van der Waals surface area contributed by atoms with E-state index < -0.39 is 6.04 Å². The number of nitrogens with two attached hydrogens (primary N) is 1.